The van der Waals surface area contributed by atoms with Gasteiger partial charge in [0.1, 0.15) is 6.04 Å². The number of carbonyl (C=O) groups excluding carboxylic acids is 2. The maximum Gasteiger partial charge on any atom is 0.242 e. The number of oxime groups is 1. The maximum absolute atomic E-state index is 13.2. The number of rotatable bonds is 4. The van der Waals surface area contributed by atoms with E-state index >= 15 is 0 Å². The number of amides is 1. The third-order valence-corrected chi connectivity index (χ3v) is 6.68. The van der Waals surface area contributed by atoms with E-state index in [2.05, 4.69) is 10.5 Å². The van der Waals surface area contributed by atoms with Crippen LogP contribution in [0.4, 0.5) is 0 Å². The lowest BCUT2D eigenvalue weighted by Crippen LogP contribution is -2.50. The van der Waals surface area contributed by atoms with Gasteiger partial charge in [-0.3, -0.25) is 9.59 Å². The number of nitrogens with one attached hydrogen (secondary N) is 1. The lowest BCUT2D eigenvalue weighted by Gasteiger charge is -2.26. The van der Waals surface area contributed by atoms with Crippen molar-refractivity contribution in [3.05, 3.63) is 41.0 Å². The van der Waals surface area contributed by atoms with Crippen LogP contribution in [0.5, 0.6) is 0 Å². The lowest BCUT2D eigenvalue weighted by atomic mass is 9.89. The first kappa shape index (κ1) is 18.3. The summed E-state index contributed by atoms with van der Waals surface area (Å²) in [6.07, 6.45) is 3.85. The molecule has 3 aliphatic rings. The predicted octanol–water partition coefficient (Wildman–Crippen LogP) is 1.51. The van der Waals surface area contributed by atoms with Crippen molar-refractivity contribution in [2.75, 3.05) is 18.2 Å². The first-order valence-electron chi connectivity index (χ1n) is 8.74. The Kier molecular flexibility index (Phi) is 5.12. The molecule has 0 aromatic heterocycles. The second-order valence-electron chi connectivity index (χ2n) is 6.85. The van der Waals surface area contributed by atoms with Gasteiger partial charge in [0.05, 0.1) is 24.1 Å². The van der Waals surface area contributed by atoms with Gasteiger partial charge in [-0.15, -0.1) is 11.8 Å². The number of thiocarbonyl (C=S) groups is 1. The van der Waals surface area contributed by atoms with Crippen molar-refractivity contribution in [3.8, 4) is 0 Å². The fraction of sp³-hybridized carbons (Fsp3) is 0.368. The van der Waals surface area contributed by atoms with Gasteiger partial charge in [-0.25, -0.2) is 0 Å². The Labute approximate surface area is 166 Å². The molecule has 140 valence electrons. The number of Topliss-reactive ketones (excluding diaryl/α,β-unsaturated/α-hetero) is 1. The molecule has 4 rings (SSSR count). The molecule has 2 heterocycles. The van der Waals surface area contributed by atoms with Crippen molar-refractivity contribution in [2.45, 2.75) is 18.5 Å². The summed E-state index contributed by atoms with van der Waals surface area (Å²) >= 11 is 7.03. The molecule has 0 saturated carbocycles. The number of nitrogens with zero attached hydrogens (tertiary/aromatic N) is 2. The van der Waals surface area contributed by atoms with Crippen molar-refractivity contribution in [3.63, 3.8) is 0 Å². The lowest BCUT2D eigenvalue weighted by molar-refractivity contribution is -0.135. The average Bonchev–Trinajstić information content (AvgIpc) is 3.38. The van der Waals surface area contributed by atoms with E-state index in [4.69, 9.17) is 17.4 Å². The van der Waals surface area contributed by atoms with Crippen LogP contribution in [-0.2, 0) is 16.0 Å². The number of fused-ring (bicyclic) bond motifs is 1. The fourth-order valence-corrected chi connectivity index (χ4v) is 5.31. The van der Waals surface area contributed by atoms with E-state index in [0.717, 1.165) is 11.1 Å². The van der Waals surface area contributed by atoms with Crippen LogP contribution in [0, 0.1) is 5.92 Å². The Hall–Kier alpha value is -2.03. The molecule has 2 saturated heterocycles. The molecule has 1 aromatic rings. The van der Waals surface area contributed by atoms with Crippen LogP contribution in [0.15, 0.2) is 35.0 Å². The minimum atomic E-state index is -0.664. The molecule has 2 N–H and O–H groups in total. The van der Waals surface area contributed by atoms with E-state index in [0.29, 0.717) is 35.0 Å². The first-order valence-corrected chi connectivity index (χ1v) is 10.3. The molecular weight excluding hydrogens is 382 g/mol. The summed E-state index contributed by atoms with van der Waals surface area (Å²) in [5.74, 6) is 0.310. The van der Waals surface area contributed by atoms with E-state index < -0.39 is 12.0 Å². The molecule has 0 spiro atoms. The number of hydrogen-bond donors (Lipinski definition) is 2. The van der Waals surface area contributed by atoms with Crippen molar-refractivity contribution >= 4 is 52.8 Å². The fourth-order valence-electron chi connectivity index (χ4n) is 3.85. The molecular formula is C19H19N3O3S2. The minimum Gasteiger partial charge on any atom is -0.411 e. The standard InChI is InChI=1S/C19H19N3O3S2/c23-18(13-5-11-3-1-2-4-12(11)6-13)16-15(26)8-20-17(16)19(24)22-10-27-9-14(22)7-21-25/h1-5,7,14,16-17,20,25H,6,8-10H2/t14-,16?,17+/m1/s1. The molecule has 0 radical (unpaired) electrons. The summed E-state index contributed by atoms with van der Waals surface area (Å²) in [7, 11) is 0. The highest BCUT2D eigenvalue weighted by Crippen LogP contribution is 2.31. The molecule has 1 aromatic carbocycles. The molecule has 2 aliphatic heterocycles. The van der Waals surface area contributed by atoms with Gasteiger partial charge in [0, 0.05) is 29.2 Å². The van der Waals surface area contributed by atoms with Gasteiger partial charge in [-0.1, -0.05) is 41.6 Å². The van der Waals surface area contributed by atoms with Crippen LogP contribution in [0.2, 0.25) is 0 Å². The summed E-state index contributed by atoms with van der Waals surface area (Å²) in [6.45, 7) is 0.377. The summed E-state index contributed by atoms with van der Waals surface area (Å²) in [5.41, 5.74) is 2.88. The van der Waals surface area contributed by atoms with Gasteiger partial charge in [-0.2, -0.15) is 0 Å². The molecule has 1 amide bonds. The van der Waals surface area contributed by atoms with Gasteiger partial charge in [0.15, 0.2) is 5.78 Å². The molecule has 1 unspecified atom stereocenters. The Balaban J connectivity index is 1.55. The van der Waals surface area contributed by atoms with E-state index in [1.54, 1.807) is 16.7 Å². The molecule has 1 aliphatic carbocycles. The Morgan fingerprint density at radius 2 is 2.19 bits per heavy atom. The number of hydrogen-bond acceptors (Lipinski definition) is 7. The molecule has 8 heteroatoms. The van der Waals surface area contributed by atoms with Crippen molar-refractivity contribution < 1.29 is 14.8 Å². The van der Waals surface area contributed by atoms with Crippen LogP contribution in [0.3, 0.4) is 0 Å². The molecule has 27 heavy (non-hydrogen) atoms. The highest BCUT2D eigenvalue weighted by molar-refractivity contribution is 7.99. The first-order chi connectivity index (χ1) is 13.1. The Morgan fingerprint density at radius 3 is 2.96 bits per heavy atom. The third kappa shape index (κ3) is 3.33. The zero-order chi connectivity index (χ0) is 19.0. The highest BCUT2D eigenvalue weighted by Gasteiger charge is 2.45. The van der Waals surface area contributed by atoms with Crippen LogP contribution < -0.4 is 5.32 Å². The zero-order valence-electron chi connectivity index (χ0n) is 14.5. The largest absolute Gasteiger partial charge is 0.411 e. The number of benzene rings is 1. The van der Waals surface area contributed by atoms with Crippen LogP contribution in [0.1, 0.15) is 11.1 Å². The van der Waals surface area contributed by atoms with Gasteiger partial charge in [0.2, 0.25) is 5.91 Å². The SMILES string of the molecule is O=C(C1=Cc2ccccc2C1)C1C(=S)CN[C@@H]1C(=O)N1CSC[C@H]1C=NO. The van der Waals surface area contributed by atoms with Gasteiger partial charge < -0.3 is 15.4 Å². The van der Waals surface area contributed by atoms with Gasteiger partial charge in [0.25, 0.3) is 0 Å². The van der Waals surface area contributed by atoms with E-state index in [-0.39, 0.29) is 17.7 Å². The summed E-state index contributed by atoms with van der Waals surface area (Å²) in [5, 5.41) is 15.0. The maximum atomic E-state index is 13.2. The quantitative estimate of drug-likeness (QED) is 0.345. The second kappa shape index (κ2) is 7.53. The summed E-state index contributed by atoms with van der Waals surface area (Å²) < 4.78 is 0. The minimum absolute atomic E-state index is 0.0706. The number of ketones is 1. The molecule has 6 nitrogen and oxygen atoms in total. The van der Waals surface area contributed by atoms with E-state index in [1.807, 2.05) is 30.3 Å². The van der Waals surface area contributed by atoms with E-state index in [9.17, 15) is 9.59 Å². The van der Waals surface area contributed by atoms with Crippen molar-refractivity contribution in [2.24, 2.45) is 11.1 Å². The van der Waals surface area contributed by atoms with Crippen molar-refractivity contribution in [1.82, 2.24) is 10.2 Å². The molecule has 0 bridgehead atoms. The Morgan fingerprint density at radius 1 is 1.37 bits per heavy atom. The molecule has 2 fully saturated rings. The number of carbonyl (C=O) groups is 2. The van der Waals surface area contributed by atoms with Crippen LogP contribution in [-0.4, -0.2) is 63.1 Å². The second-order valence-corrected chi connectivity index (χ2v) is 8.38. The number of thioether (sulfide) groups is 1. The summed E-state index contributed by atoms with van der Waals surface area (Å²) in [4.78, 5) is 28.6. The van der Waals surface area contributed by atoms with Gasteiger partial charge in [-0.05, 0) is 17.2 Å². The smallest absolute Gasteiger partial charge is 0.242 e. The van der Waals surface area contributed by atoms with Crippen LogP contribution in [0.25, 0.3) is 6.08 Å². The predicted molar refractivity (Wildman–Crippen MR) is 109 cm³/mol. The Bertz CT molecular complexity index is 868. The molecule has 3 atom stereocenters. The third-order valence-electron chi connectivity index (χ3n) is 5.25. The zero-order valence-corrected chi connectivity index (χ0v) is 16.1. The number of allylic oxidation sites excluding steroid dienone is 1. The van der Waals surface area contributed by atoms with Crippen molar-refractivity contribution in [1.29, 1.82) is 0 Å². The average molecular weight is 402 g/mol. The van der Waals surface area contributed by atoms with E-state index in [1.165, 1.54) is 6.21 Å². The monoisotopic (exact) mass is 401 g/mol. The normalized spacial score (nSPS) is 27.3. The topological polar surface area (TPSA) is 82.0 Å². The van der Waals surface area contributed by atoms with Crippen LogP contribution >= 0.6 is 24.0 Å². The summed E-state index contributed by atoms with van der Waals surface area (Å²) in [6, 6.07) is 6.98. The van der Waals surface area contributed by atoms with Gasteiger partial charge >= 0.3 is 0 Å². The highest BCUT2D eigenvalue weighted by atomic mass is 32.2.